The molecule has 0 saturated heterocycles. The highest BCUT2D eigenvalue weighted by molar-refractivity contribution is 5.70. The number of carbonyl (C=O) groups is 3. The lowest BCUT2D eigenvalue weighted by Gasteiger charge is -2.19. The summed E-state index contributed by atoms with van der Waals surface area (Å²) in [7, 11) is 2.95. The quantitative estimate of drug-likeness (QED) is 0.231. The number of nitrogens with zero attached hydrogens (tertiary/aromatic N) is 1. The van der Waals surface area contributed by atoms with Gasteiger partial charge in [0, 0.05) is 46.0 Å². The zero-order valence-electron chi connectivity index (χ0n) is 18.6. The summed E-state index contributed by atoms with van der Waals surface area (Å²) in [6.45, 7) is 0.760. The van der Waals surface area contributed by atoms with E-state index >= 15 is 0 Å². The van der Waals surface area contributed by atoms with Crippen molar-refractivity contribution in [2.75, 3.05) is 60.3 Å². The minimum Gasteiger partial charge on any atom is -0.492 e. The average molecular weight is 477 g/mol. The maximum absolute atomic E-state index is 11.9. The van der Waals surface area contributed by atoms with Crippen LogP contribution in [0.3, 0.4) is 0 Å². The van der Waals surface area contributed by atoms with E-state index < -0.39 is 36.0 Å². The van der Waals surface area contributed by atoms with Crippen LogP contribution in [-0.4, -0.2) is 99.5 Å². The van der Waals surface area contributed by atoms with Crippen molar-refractivity contribution in [2.45, 2.75) is 18.9 Å². The Morgan fingerprint density at radius 3 is 1.88 bits per heavy atom. The lowest BCUT2D eigenvalue weighted by molar-refractivity contribution is -0.145. The van der Waals surface area contributed by atoms with Gasteiger partial charge in [-0.1, -0.05) is 0 Å². The summed E-state index contributed by atoms with van der Waals surface area (Å²) in [6, 6.07) is 2.33. The fourth-order valence-corrected chi connectivity index (χ4v) is 2.23. The predicted octanol–water partition coefficient (Wildman–Crippen LogP) is -0.235. The Balaban J connectivity index is 2.41. The Bertz CT molecular complexity index is 680. The monoisotopic (exact) mass is 477 g/mol. The van der Waals surface area contributed by atoms with Gasteiger partial charge in [-0.15, -0.1) is 4.73 Å². The molecular weight excluding hydrogens is 446 g/mol. The molecule has 188 valence electrons. The van der Waals surface area contributed by atoms with Gasteiger partial charge < -0.3 is 49.4 Å². The Labute approximate surface area is 190 Å². The highest BCUT2D eigenvalue weighted by Gasteiger charge is 2.16. The lowest BCUT2D eigenvalue weighted by atomic mass is 10.3. The molecule has 14 nitrogen and oxygen atoms in total. The first-order valence-corrected chi connectivity index (χ1v) is 10.1. The fraction of sp³-hybridized carbons (Fsp3) is 0.632. The van der Waals surface area contributed by atoms with E-state index in [4.69, 9.17) is 28.5 Å². The normalized spacial score (nSPS) is 10.6. The van der Waals surface area contributed by atoms with Crippen molar-refractivity contribution in [3.8, 4) is 11.8 Å². The van der Waals surface area contributed by atoms with Gasteiger partial charge in [-0.25, -0.2) is 14.4 Å². The third-order valence-corrected chi connectivity index (χ3v) is 3.86. The molecule has 0 aliphatic rings. The van der Waals surface area contributed by atoms with Gasteiger partial charge >= 0.3 is 18.2 Å². The van der Waals surface area contributed by atoms with Crippen LogP contribution < -0.4 is 15.5 Å². The molecule has 4 N–H and O–H groups in total. The second-order valence-electron chi connectivity index (χ2n) is 6.42. The first-order chi connectivity index (χ1) is 15.9. The Morgan fingerprint density at radius 2 is 1.39 bits per heavy atom. The molecule has 14 heteroatoms. The number of ether oxygens (including phenoxy) is 5. The number of alkyl carbamates (subject to hydrolysis) is 2. The number of rotatable bonds is 16. The lowest BCUT2D eigenvalue weighted by Crippen LogP contribution is -2.42. The molecule has 0 atom stereocenters. The van der Waals surface area contributed by atoms with Gasteiger partial charge in [-0.3, -0.25) is 0 Å². The van der Waals surface area contributed by atoms with Crippen molar-refractivity contribution in [3.63, 3.8) is 0 Å². The summed E-state index contributed by atoms with van der Waals surface area (Å²) >= 11 is 0. The van der Waals surface area contributed by atoms with E-state index in [0.29, 0.717) is 4.73 Å². The summed E-state index contributed by atoms with van der Waals surface area (Å²) in [5.74, 6) is -1.56. The van der Waals surface area contributed by atoms with E-state index in [1.165, 1.54) is 14.2 Å². The highest BCUT2D eigenvalue weighted by atomic mass is 16.7. The third-order valence-electron chi connectivity index (χ3n) is 3.86. The van der Waals surface area contributed by atoms with Crippen LogP contribution in [0.1, 0.15) is 12.8 Å². The van der Waals surface area contributed by atoms with Gasteiger partial charge in [0.15, 0.2) is 0 Å². The van der Waals surface area contributed by atoms with Crippen molar-refractivity contribution >= 4 is 18.2 Å². The number of amides is 2. The highest BCUT2D eigenvalue weighted by Crippen LogP contribution is 2.18. The van der Waals surface area contributed by atoms with Gasteiger partial charge in [0.25, 0.3) is 0 Å². The first-order valence-electron chi connectivity index (χ1n) is 10.1. The van der Waals surface area contributed by atoms with Gasteiger partial charge in [0.1, 0.15) is 13.2 Å². The number of aromatic hydroxyl groups is 2. The molecule has 2 amide bonds. The summed E-state index contributed by atoms with van der Waals surface area (Å²) in [6.07, 6.45) is -1.86. The molecule has 0 aliphatic carbocycles. The minimum atomic E-state index is -0.711. The summed E-state index contributed by atoms with van der Waals surface area (Å²) in [5, 5.41) is 23.9. The zero-order valence-corrected chi connectivity index (χ0v) is 18.6. The molecule has 0 fully saturated rings. The van der Waals surface area contributed by atoms with E-state index in [-0.39, 0.29) is 59.0 Å². The van der Waals surface area contributed by atoms with E-state index in [0.717, 1.165) is 12.1 Å². The number of methoxy groups -OCH3 is 2. The molecule has 0 aromatic carbocycles. The maximum atomic E-state index is 11.9. The molecule has 0 radical (unpaired) electrons. The predicted molar refractivity (Wildman–Crippen MR) is 111 cm³/mol. The Kier molecular flexibility index (Phi) is 13.8. The average Bonchev–Trinajstić information content (AvgIpc) is 3.10. The van der Waals surface area contributed by atoms with Crippen LogP contribution in [0.4, 0.5) is 9.59 Å². The maximum Gasteiger partial charge on any atom is 0.407 e. The molecule has 1 aromatic rings. The van der Waals surface area contributed by atoms with E-state index in [9.17, 15) is 24.6 Å². The van der Waals surface area contributed by atoms with Crippen LogP contribution in [-0.2, 0) is 28.5 Å². The number of hydrogen-bond donors (Lipinski definition) is 4. The minimum absolute atomic E-state index is 0.0136. The smallest absolute Gasteiger partial charge is 0.407 e. The zero-order chi connectivity index (χ0) is 24.5. The van der Waals surface area contributed by atoms with Crippen molar-refractivity contribution in [1.29, 1.82) is 0 Å². The molecule has 1 heterocycles. The summed E-state index contributed by atoms with van der Waals surface area (Å²) in [4.78, 5) is 40.1. The second-order valence-corrected chi connectivity index (χ2v) is 6.42. The number of carbonyl (C=O) groups excluding carboxylic acids is 3. The van der Waals surface area contributed by atoms with Gasteiger partial charge in [0.05, 0.1) is 25.7 Å². The van der Waals surface area contributed by atoms with Crippen molar-refractivity contribution in [3.05, 3.63) is 12.1 Å². The first kappa shape index (κ1) is 27.8. The van der Waals surface area contributed by atoms with Crippen LogP contribution in [0, 0.1) is 0 Å². The van der Waals surface area contributed by atoms with Crippen LogP contribution in [0.15, 0.2) is 12.1 Å². The van der Waals surface area contributed by atoms with Crippen LogP contribution >= 0.6 is 0 Å². The van der Waals surface area contributed by atoms with Crippen LogP contribution in [0.2, 0.25) is 0 Å². The standard InChI is InChI=1S/C19H31N3O11/c1-28-8-10-31-18(26)20-12-14(13-21-19(27)32-11-9-29-2)30-7-3-4-17(25)33-22-15(23)5-6-16(22)24/h5-6,14,23-24H,3-4,7-13H2,1-2H3,(H,20,26)(H,21,27). The van der Waals surface area contributed by atoms with E-state index in [1.54, 1.807) is 0 Å². The Hall–Kier alpha value is -3.23. The number of aromatic nitrogens is 1. The fourth-order valence-electron chi connectivity index (χ4n) is 2.23. The molecule has 1 rings (SSSR count). The number of nitrogens with one attached hydrogen (secondary N) is 2. The molecule has 0 unspecified atom stereocenters. The van der Waals surface area contributed by atoms with Gasteiger partial charge in [-0.05, 0) is 6.42 Å². The van der Waals surface area contributed by atoms with Gasteiger partial charge in [0.2, 0.25) is 11.8 Å². The second kappa shape index (κ2) is 16.4. The summed E-state index contributed by atoms with van der Waals surface area (Å²) < 4.78 is 25.6. The van der Waals surface area contributed by atoms with Crippen molar-refractivity contribution in [1.82, 2.24) is 15.4 Å². The van der Waals surface area contributed by atoms with Crippen LogP contribution in [0.25, 0.3) is 0 Å². The molecule has 0 saturated carbocycles. The number of hydrogen-bond acceptors (Lipinski definition) is 11. The largest absolute Gasteiger partial charge is 0.492 e. The molecule has 1 aromatic heterocycles. The molecule has 0 bridgehead atoms. The Morgan fingerprint density at radius 1 is 0.879 bits per heavy atom. The molecule has 0 aliphatic heterocycles. The topological polar surface area (TPSA) is 176 Å². The van der Waals surface area contributed by atoms with Crippen LogP contribution in [0.5, 0.6) is 11.8 Å². The third kappa shape index (κ3) is 12.4. The van der Waals surface area contributed by atoms with E-state index in [2.05, 4.69) is 10.6 Å². The SMILES string of the molecule is COCCOC(=O)NCC(CNC(=O)OCCOC)OCCCC(=O)On1c(O)ccc1O. The van der Waals surface area contributed by atoms with E-state index in [1.807, 2.05) is 0 Å². The summed E-state index contributed by atoms with van der Waals surface area (Å²) in [5.41, 5.74) is 0. The molecule has 33 heavy (non-hydrogen) atoms. The van der Waals surface area contributed by atoms with Crippen molar-refractivity contribution < 1.29 is 53.1 Å². The van der Waals surface area contributed by atoms with Crippen molar-refractivity contribution in [2.24, 2.45) is 0 Å². The molecular formula is C19H31N3O11. The van der Waals surface area contributed by atoms with Gasteiger partial charge in [-0.2, -0.15) is 0 Å². The molecule has 0 spiro atoms.